The molecule has 3 heteroatoms. The SMILES string of the molecule is Cc1cccc(COC(=O)CC(C)C#N)c1. The Morgan fingerprint density at radius 2 is 2.31 bits per heavy atom. The van der Waals surface area contributed by atoms with Crippen molar-refractivity contribution in [3.8, 4) is 6.07 Å². The minimum absolute atomic E-state index is 0.155. The number of hydrogen-bond acceptors (Lipinski definition) is 3. The molecule has 16 heavy (non-hydrogen) atoms. The summed E-state index contributed by atoms with van der Waals surface area (Å²) in [6.45, 7) is 3.97. The largest absolute Gasteiger partial charge is 0.461 e. The van der Waals surface area contributed by atoms with Gasteiger partial charge in [0.05, 0.1) is 18.4 Å². The van der Waals surface area contributed by atoms with Crippen LogP contribution in [0.3, 0.4) is 0 Å². The first kappa shape index (κ1) is 12.3. The number of benzene rings is 1. The summed E-state index contributed by atoms with van der Waals surface area (Å²) in [5.74, 6) is -0.611. The number of hydrogen-bond donors (Lipinski definition) is 0. The molecule has 0 heterocycles. The first-order valence-electron chi connectivity index (χ1n) is 5.22. The lowest BCUT2D eigenvalue weighted by Gasteiger charge is -2.06. The van der Waals surface area contributed by atoms with E-state index in [1.165, 1.54) is 0 Å². The van der Waals surface area contributed by atoms with E-state index >= 15 is 0 Å². The van der Waals surface area contributed by atoms with E-state index in [1.54, 1.807) is 6.92 Å². The number of aryl methyl sites for hydroxylation is 1. The molecule has 1 aromatic carbocycles. The Kier molecular flexibility index (Phi) is 4.53. The Hall–Kier alpha value is -1.82. The van der Waals surface area contributed by atoms with E-state index in [4.69, 9.17) is 10.00 Å². The highest BCUT2D eigenvalue weighted by atomic mass is 16.5. The van der Waals surface area contributed by atoms with Crippen LogP contribution >= 0.6 is 0 Å². The fourth-order valence-electron chi connectivity index (χ4n) is 1.32. The fraction of sp³-hybridized carbons (Fsp3) is 0.385. The molecule has 1 rings (SSSR count). The lowest BCUT2D eigenvalue weighted by Crippen LogP contribution is -2.08. The first-order chi connectivity index (χ1) is 7.61. The third-order valence-corrected chi connectivity index (χ3v) is 2.18. The lowest BCUT2D eigenvalue weighted by molar-refractivity contribution is -0.145. The minimum Gasteiger partial charge on any atom is -0.461 e. The summed E-state index contributed by atoms with van der Waals surface area (Å²) in [6, 6.07) is 9.80. The average molecular weight is 217 g/mol. The van der Waals surface area contributed by atoms with E-state index in [2.05, 4.69) is 0 Å². The molecule has 3 nitrogen and oxygen atoms in total. The van der Waals surface area contributed by atoms with E-state index < -0.39 is 0 Å². The summed E-state index contributed by atoms with van der Waals surface area (Å²) >= 11 is 0. The zero-order valence-corrected chi connectivity index (χ0v) is 9.56. The third kappa shape index (κ3) is 4.14. The van der Waals surface area contributed by atoms with Gasteiger partial charge in [0, 0.05) is 0 Å². The van der Waals surface area contributed by atoms with Crippen molar-refractivity contribution in [2.24, 2.45) is 5.92 Å². The number of carbonyl (C=O) groups excluding carboxylic acids is 1. The molecule has 0 spiro atoms. The van der Waals surface area contributed by atoms with Gasteiger partial charge in [0.1, 0.15) is 6.61 Å². The van der Waals surface area contributed by atoms with Gasteiger partial charge >= 0.3 is 5.97 Å². The van der Waals surface area contributed by atoms with Crippen LogP contribution in [0.5, 0.6) is 0 Å². The lowest BCUT2D eigenvalue weighted by atomic mass is 10.1. The van der Waals surface area contributed by atoms with Crippen LogP contribution < -0.4 is 0 Å². The molecule has 0 saturated carbocycles. The monoisotopic (exact) mass is 217 g/mol. The summed E-state index contributed by atoms with van der Waals surface area (Å²) in [6.07, 6.45) is 0.155. The standard InChI is InChI=1S/C13H15NO2/c1-10-4-3-5-12(6-10)9-16-13(15)7-11(2)8-14/h3-6,11H,7,9H2,1-2H3. The highest BCUT2D eigenvalue weighted by molar-refractivity contribution is 5.70. The molecule has 1 aromatic rings. The maximum absolute atomic E-state index is 11.3. The number of nitriles is 1. The van der Waals surface area contributed by atoms with Crippen molar-refractivity contribution < 1.29 is 9.53 Å². The van der Waals surface area contributed by atoms with Crippen LogP contribution in [-0.4, -0.2) is 5.97 Å². The molecule has 0 aliphatic carbocycles. The van der Waals surface area contributed by atoms with E-state index in [0.717, 1.165) is 11.1 Å². The van der Waals surface area contributed by atoms with Crippen molar-refractivity contribution in [1.29, 1.82) is 5.26 Å². The molecule has 84 valence electrons. The van der Waals surface area contributed by atoms with Crippen molar-refractivity contribution >= 4 is 5.97 Å². The fourth-order valence-corrected chi connectivity index (χ4v) is 1.32. The van der Waals surface area contributed by atoms with Crippen LogP contribution in [-0.2, 0) is 16.1 Å². The second-order valence-electron chi connectivity index (χ2n) is 3.88. The van der Waals surface area contributed by atoms with E-state index in [1.807, 2.05) is 37.3 Å². The number of nitrogens with zero attached hydrogens (tertiary/aromatic N) is 1. The van der Waals surface area contributed by atoms with Gasteiger partial charge < -0.3 is 4.74 Å². The Bertz CT molecular complexity index is 407. The van der Waals surface area contributed by atoms with Crippen molar-refractivity contribution in [1.82, 2.24) is 0 Å². The summed E-state index contributed by atoms with van der Waals surface area (Å²) in [5.41, 5.74) is 2.11. The quantitative estimate of drug-likeness (QED) is 0.728. The number of carbonyl (C=O) groups is 1. The van der Waals surface area contributed by atoms with Crippen LogP contribution in [0, 0.1) is 24.2 Å². The van der Waals surface area contributed by atoms with Gasteiger partial charge in [-0.15, -0.1) is 0 Å². The molecule has 0 N–H and O–H groups in total. The van der Waals surface area contributed by atoms with Crippen LogP contribution in [0.25, 0.3) is 0 Å². The molecule has 0 aliphatic rings. The predicted octanol–water partition coefficient (Wildman–Crippen LogP) is 2.59. The topological polar surface area (TPSA) is 50.1 Å². The summed E-state index contributed by atoms with van der Waals surface area (Å²) in [4.78, 5) is 11.3. The zero-order chi connectivity index (χ0) is 12.0. The maximum Gasteiger partial charge on any atom is 0.307 e. The van der Waals surface area contributed by atoms with Crippen molar-refractivity contribution in [2.75, 3.05) is 0 Å². The molecule has 1 atom stereocenters. The van der Waals surface area contributed by atoms with Gasteiger partial charge in [-0.3, -0.25) is 4.79 Å². The molecule has 0 saturated heterocycles. The number of rotatable bonds is 4. The molecule has 0 radical (unpaired) electrons. The van der Waals surface area contributed by atoms with Crippen molar-refractivity contribution in [3.63, 3.8) is 0 Å². The Labute approximate surface area is 95.7 Å². The molecule has 0 bridgehead atoms. The molecule has 0 amide bonds. The minimum atomic E-state index is -0.324. The summed E-state index contributed by atoms with van der Waals surface area (Å²) in [5, 5.41) is 8.55. The van der Waals surface area contributed by atoms with Crippen LogP contribution in [0.15, 0.2) is 24.3 Å². The van der Waals surface area contributed by atoms with Crippen molar-refractivity contribution in [2.45, 2.75) is 26.9 Å². The molecule has 0 aliphatic heterocycles. The Morgan fingerprint density at radius 3 is 2.94 bits per heavy atom. The molecule has 0 fully saturated rings. The van der Waals surface area contributed by atoms with Gasteiger partial charge in [-0.25, -0.2) is 0 Å². The normalized spacial score (nSPS) is 11.6. The Balaban J connectivity index is 2.41. The summed E-state index contributed by atoms with van der Waals surface area (Å²) in [7, 11) is 0. The van der Waals surface area contributed by atoms with Gasteiger partial charge in [0.15, 0.2) is 0 Å². The molecule has 1 unspecified atom stereocenters. The first-order valence-corrected chi connectivity index (χ1v) is 5.22. The molecular formula is C13H15NO2. The highest BCUT2D eigenvalue weighted by Gasteiger charge is 2.09. The van der Waals surface area contributed by atoms with Crippen molar-refractivity contribution in [3.05, 3.63) is 35.4 Å². The zero-order valence-electron chi connectivity index (χ0n) is 9.56. The van der Waals surface area contributed by atoms with Crippen LogP contribution in [0.1, 0.15) is 24.5 Å². The smallest absolute Gasteiger partial charge is 0.307 e. The second kappa shape index (κ2) is 5.92. The summed E-state index contributed by atoms with van der Waals surface area (Å²) < 4.78 is 5.07. The van der Waals surface area contributed by atoms with E-state index in [0.29, 0.717) is 0 Å². The van der Waals surface area contributed by atoms with Crippen LogP contribution in [0.4, 0.5) is 0 Å². The number of esters is 1. The molecular weight excluding hydrogens is 202 g/mol. The van der Waals surface area contributed by atoms with Gasteiger partial charge in [-0.1, -0.05) is 29.8 Å². The predicted molar refractivity (Wildman–Crippen MR) is 60.4 cm³/mol. The maximum atomic E-state index is 11.3. The highest BCUT2D eigenvalue weighted by Crippen LogP contribution is 2.07. The third-order valence-electron chi connectivity index (χ3n) is 2.18. The van der Waals surface area contributed by atoms with Gasteiger partial charge in [-0.2, -0.15) is 5.26 Å². The van der Waals surface area contributed by atoms with E-state index in [-0.39, 0.29) is 24.9 Å². The average Bonchev–Trinajstić information content (AvgIpc) is 2.26. The van der Waals surface area contributed by atoms with Gasteiger partial charge in [0.2, 0.25) is 0 Å². The molecule has 0 aromatic heterocycles. The Morgan fingerprint density at radius 1 is 1.56 bits per heavy atom. The van der Waals surface area contributed by atoms with Gasteiger partial charge in [-0.05, 0) is 19.4 Å². The van der Waals surface area contributed by atoms with Gasteiger partial charge in [0.25, 0.3) is 0 Å². The second-order valence-corrected chi connectivity index (χ2v) is 3.88. The van der Waals surface area contributed by atoms with E-state index in [9.17, 15) is 4.79 Å². The number of ether oxygens (including phenoxy) is 1. The van der Waals surface area contributed by atoms with Crippen LogP contribution in [0.2, 0.25) is 0 Å².